The Morgan fingerprint density at radius 3 is 2.20 bits per heavy atom. The van der Waals surface area contributed by atoms with Gasteiger partial charge in [-0.3, -0.25) is 0 Å². The number of nitriles is 1. The van der Waals surface area contributed by atoms with Gasteiger partial charge in [-0.2, -0.15) is 5.26 Å². The number of hydrogen-bond acceptors (Lipinski definition) is 5. The minimum Gasteiger partial charge on any atom is -0.497 e. The van der Waals surface area contributed by atoms with Crippen LogP contribution >= 0.6 is 0 Å². The molecule has 2 aromatic rings. The van der Waals surface area contributed by atoms with Crippen LogP contribution in [-0.2, 0) is 14.6 Å². The van der Waals surface area contributed by atoms with Gasteiger partial charge in [-0.05, 0) is 36.8 Å². The molecule has 3 atom stereocenters. The quantitative estimate of drug-likeness (QED) is 0.770. The van der Waals surface area contributed by atoms with Gasteiger partial charge in [0.1, 0.15) is 22.7 Å². The van der Waals surface area contributed by atoms with E-state index in [1.54, 1.807) is 36.4 Å². The van der Waals surface area contributed by atoms with E-state index in [1.807, 2.05) is 13.0 Å². The van der Waals surface area contributed by atoms with E-state index in [2.05, 4.69) is 0 Å². The van der Waals surface area contributed by atoms with Crippen LogP contribution < -0.4 is 4.74 Å². The zero-order chi connectivity index (χ0) is 18.2. The molecule has 0 aromatic heterocycles. The number of carbonyl (C=O) groups excluding carboxylic acids is 1. The predicted octanol–water partition coefficient (Wildman–Crippen LogP) is 2.65. The summed E-state index contributed by atoms with van der Waals surface area (Å²) in [6, 6.07) is 15.1. The van der Waals surface area contributed by atoms with Gasteiger partial charge in [0.05, 0.1) is 18.1 Å². The normalized spacial score (nSPS) is 25.0. The predicted molar refractivity (Wildman–Crippen MR) is 92.0 cm³/mol. The van der Waals surface area contributed by atoms with Crippen LogP contribution in [0, 0.1) is 23.7 Å². The molecular formula is C19H17NO4S. The summed E-state index contributed by atoms with van der Waals surface area (Å²) in [6.07, 6.45) is 0.471. The number of methoxy groups -OCH3 is 1. The second kappa shape index (κ2) is 6.01. The van der Waals surface area contributed by atoms with Crippen molar-refractivity contribution in [3.63, 3.8) is 0 Å². The standard InChI is InChI=1S/C19H17NO4S/c1-13-3-9-16(10-4-13)25(22,23)18-17(19(18,11-20)12-21)14-5-7-15(24-2)8-6-14/h3-10,12,17-18H,1-2H3/t17-,18-,19-/m0/s1. The maximum Gasteiger partial charge on any atom is 0.183 e. The van der Waals surface area contributed by atoms with Crippen molar-refractivity contribution in [3.05, 3.63) is 59.7 Å². The number of benzene rings is 2. The molecule has 1 aliphatic carbocycles. The van der Waals surface area contributed by atoms with E-state index >= 15 is 0 Å². The molecule has 6 heteroatoms. The number of hydrogen-bond donors (Lipinski definition) is 0. The number of nitrogens with zero attached hydrogens (tertiary/aromatic N) is 1. The Kier molecular flexibility index (Phi) is 4.13. The molecule has 0 saturated heterocycles. The first-order valence-corrected chi connectivity index (χ1v) is 9.27. The summed E-state index contributed by atoms with van der Waals surface area (Å²) < 4.78 is 31.1. The van der Waals surface area contributed by atoms with Gasteiger partial charge in [0.2, 0.25) is 0 Å². The average Bonchev–Trinajstić information content (AvgIpc) is 3.33. The lowest BCUT2D eigenvalue weighted by atomic mass is 10.0. The highest BCUT2D eigenvalue weighted by Crippen LogP contribution is 2.62. The van der Waals surface area contributed by atoms with Crippen LogP contribution in [0.1, 0.15) is 17.0 Å². The molecule has 1 fully saturated rings. The van der Waals surface area contributed by atoms with E-state index in [9.17, 15) is 18.5 Å². The number of carbonyl (C=O) groups is 1. The maximum absolute atomic E-state index is 13.0. The highest BCUT2D eigenvalue weighted by atomic mass is 32.2. The molecule has 25 heavy (non-hydrogen) atoms. The van der Waals surface area contributed by atoms with Crippen molar-refractivity contribution in [2.45, 2.75) is 23.0 Å². The molecule has 2 aromatic carbocycles. The first-order chi connectivity index (χ1) is 11.9. The zero-order valence-electron chi connectivity index (χ0n) is 13.8. The number of aryl methyl sites for hydroxylation is 1. The van der Waals surface area contributed by atoms with Gasteiger partial charge in [-0.1, -0.05) is 29.8 Å². The van der Waals surface area contributed by atoms with Crippen molar-refractivity contribution >= 4 is 16.1 Å². The third-order valence-corrected chi connectivity index (χ3v) is 6.99. The van der Waals surface area contributed by atoms with E-state index < -0.39 is 26.4 Å². The summed E-state index contributed by atoms with van der Waals surface area (Å²) in [4.78, 5) is 11.8. The van der Waals surface area contributed by atoms with Crippen molar-refractivity contribution < 1.29 is 17.9 Å². The topological polar surface area (TPSA) is 84.2 Å². The molecule has 128 valence electrons. The van der Waals surface area contributed by atoms with Gasteiger partial charge in [-0.15, -0.1) is 0 Å². The first kappa shape index (κ1) is 17.2. The van der Waals surface area contributed by atoms with Gasteiger partial charge in [-0.25, -0.2) is 8.42 Å². The summed E-state index contributed by atoms with van der Waals surface area (Å²) in [5.74, 6) is -0.0665. The number of sulfone groups is 1. The van der Waals surface area contributed by atoms with Crippen LogP contribution in [0.5, 0.6) is 5.75 Å². The minimum atomic E-state index is -3.81. The minimum absolute atomic E-state index is 0.126. The second-order valence-corrected chi connectivity index (χ2v) is 8.26. The van der Waals surface area contributed by atoms with E-state index in [-0.39, 0.29) is 4.90 Å². The second-order valence-electron chi connectivity index (χ2n) is 6.19. The van der Waals surface area contributed by atoms with Crippen LogP contribution in [0.15, 0.2) is 53.4 Å². The van der Waals surface area contributed by atoms with Crippen LogP contribution in [0.25, 0.3) is 0 Å². The SMILES string of the molecule is COc1ccc([C@H]2[C@H](S(=O)(=O)c3ccc(C)cc3)[C@@]2(C#N)C=O)cc1. The molecule has 0 heterocycles. The van der Waals surface area contributed by atoms with Crippen molar-refractivity contribution in [3.8, 4) is 11.8 Å². The molecule has 0 radical (unpaired) electrons. The van der Waals surface area contributed by atoms with Crippen LogP contribution in [0.4, 0.5) is 0 Å². The summed E-state index contributed by atoms with van der Waals surface area (Å²) in [7, 11) is -2.28. The summed E-state index contributed by atoms with van der Waals surface area (Å²) in [5, 5.41) is 8.46. The smallest absolute Gasteiger partial charge is 0.183 e. The molecular weight excluding hydrogens is 338 g/mol. The Morgan fingerprint density at radius 2 is 1.72 bits per heavy atom. The summed E-state index contributed by atoms with van der Waals surface area (Å²) >= 11 is 0. The lowest BCUT2D eigenvalue weighted by Crippen LogP contribution is -2.16. The Balaban J connectivity index is 2.05. The Labute approximate surface area is 146 Å². The Morgan fingerprint density at radius 1 is 1.12 bits per heavy atom. The average molecular weight is 355 g/mol. The van der Waals surface area contributed by atoms with Crippen LogP contribution in [0.3, 0.4) is 0 Å². The molecule has 0 unspecified atom stereocenters. The van der Waals surface area contributed by atoms with Crippen molar-refractivity contribution in [1.29, 1.82) is 5.26 Å². The van der Waals surface area contributed by atoms with Gasteiger partial charge in [0, 0.05) is 5.92 Å². The van der Waals surface area contributed by atoms with Gasteiger partial charge >= 0.3 is 0 Å². The van der Waals surface area contributed by atoms with E-state index in [0.717, 1.165) is 5.56 Å². The molecule has 5 nitrogen and oxygen atoms in total. The van der Waals surface area contributed by atoms with Crippen LogP contribution in [-0.4, -0.2) is 27.1 Å². The molecule has 0 bridgehead atoms. The fraction of sp³-hybridized carbons (Fsp3) is 0.263. The third-order valence-electron chi connectivity index (χ3n) is 4.73. The van der Waals surface area contributed by atoms with Gasteiger partial charge < -0.3 is 9.53 Å². The van der Waals surface area contributed by atoms with Crippen molar-refractivity contribution in [2.24, 2.45) is 5.41 Å². The summed E-state index contributed by atoms with van der Waals surface area (Å²) in [5.41, 5.74) is 0.0108. The highest BCUT2D eigenvalue weighted by molar-refractivity contribution is 7.92. The van der Waals surface area contributed by atoms with E-state index in [1.165, 1.54) is 19.2 Å². The third kappa shape index (κ3) is 2.61. The largest absolute Gasteiger partial charge is 0.497 e. The van der Waals surface area contributed by atoms with E-state index in [4.69, 9.17) is 4.74 Å². The number of ether oxygens (including phenoxy) is 1. The molecule has 0 amide bonds. The van der Waals surface area contributed by atoms with Crippen molar-refractivity contribution in [1.82, 2.24) is 0 Å². The molecule has 0 aliphatic heterocycles. The van der Waals surface area contributed by atoms with Gasteiger partial charge in [0.15, 0.2) is 9.84 Å². The first-order valence-electron chi connectivity index (χ1n) is 7.73. The molecule has 0 spiro atoms. The molecule has 3 rings (SSSR count). The van der Waals surface area contributed by atoms with Crippen LogP contribution in [0.2, 0.25) is 0 Å². The lowest BCUT2D eigenvalue weighted by Gasteiger charge is -2.05. The maximum atomic E-state index is 13.0. The Hall–Kier alpha value is -2.65. The number of aldehydes is 1. The highest BCUT2D eigenvalue weighted by Gasteiger charge is 2.72. The zero-order valence-corrected chi connectivity index (χ0v) is 14.7. The summed E-state index contributed by atoms with van der Waals surface area (Å²) in [6.45, 7) is 1.86. The fourth-order valence-electron chi connectivity index (χ4n) is 3.25. The van der Waals surface area contributed by atoms with Crippen molar-refractivity contribution in [2.75, 3.05) is 7.11 Å². The molecule has 1 saturated carbocycles. The number of rotatable bonds is 5. The van der Waals surface area contributed by atoms with E-state index in [0.29, 0.717) is 17.6 Å². The fourth-order valence-corrected chi connectivity index (χ4v) is 5.49. The molecule has 1 aliphatic rings. The lowest BCUT2D eigenvalue weighted by molar-refractivity contribution is -0.110. The van der Waals surface area contributed by atoms with Gasteiger partial charge in [0.25, 0.3) is 0 Å². The molecule has 0 N–H and O–H groups in total. The monoisotopic (exact) mass is 355 g/mol. The Bertz CT molecular complexity index is 942.